The van der Waals surface area contributed by atoms with Gasteiger partial charge in [0.25, 0.3) is 0 Å². The monoisotopic (exact) mass is 394 g/mol. The highest BCUT2D eigenvalue weighted by Gasteiger charge is 2.36. The lowest BCUT2D eigenvalue weighted by Gasteiger charge is -2.17. The highest BCUT2D eigenvalue weighted by atomic mass is 19.1. The molecule has 6 nitrogen and oxygen atoms in total. The highest BCUT2D eigenvalue weighted by molar-refractivity contribution is 5.99. The Morgan fingerprint density at radius 2 is 2.07 bits per heavy atom. The van der Waals surface area contributed by atoms with Crippen LogP contribution in [0.15, 0.2) is 59.1 Å². The Hall–Kier alpha value is -3.48. The van der Waals surface area contributed by atoms with Crippen molar-refractivity contribution in [2.45, 2.75) is 20.0 Å². The van der Waals surface area contributed by atoms with E-state index in [2.05, 4.69) is 5.16 Å². The first-order valence-electron chi connectivity index (χ1n) is 9.25. The summed E-state index contributed by atoms with van der Waals surface area (Å²) >= 11 is 0. The summed E-state index contributed by atoms with van der Waals surface area (Å²) in [7, 11) is 0. The summed E-state index contributed by atoms with van der Waals surface area (Å²) in [5, 5.41) is 3.82. The zero-order chi connectivity index (χ0) is 20.4. The number of carbonyl (C=O) groups excluding carboxylic acids is 2. The molecular weight excluding hydrogens is 375 g/mol. The third-order valence-corrected chi connectivity index (χ3v) is 4.83. The number of ether oxygens (including phenoxy) is 1. The van der Waals surface area contributed by atoms with Crippen LogP contribution in [0.25, 0.3) is 11.3 Å². The predicted molar refractivity (Wildman–Crippen MR) is 103 cm³/mol. The number of benzene rings is 2. The maximum absolute atomic E-state index is 13.8. The Morgan fingerprint density at radius 3 is 2.86 bits per heavy atom. The second-order valence-corrected chi connectivity index (χ2v) is 7.01. The normalized spacial score (nSPS) is 16.3. The smallest absolute Gasteiger partial charge is 0.311 e. The van der Waals surface area contributed by atoms with Gasteiger partial charge in [-0.05, 0) is 36.8 Å². The average Bonchev–Trinajstić information content (AvgIpc) is 3.33. The van der Waals surface area contributed by atoms with Crippen LogP contribution < -0.4 is 4.90 Å². The summed E-state index contributed by atoms with van der Waals surface area (Å²) in [6.07, 6.45) is 0.103. The van der Waals surface area contributed by atoms with Crippen LogP contribution in [-0.4, -0.2) is 23.6 Å². The van der Waals surface area contributed by atoms with Gasteiger partial charge in [-0.1, -0.05) is 29.4 Å². The van der Waals surface area contributed by atoms with Crippen LogP contribution in [0.4, 0.5) is 10.1 Å². The standard InChI is InChI=1S/C22H19FN2O4/c1-14-5-4-6-17(9-14)25-12-15(10-21(25)26)22(27)28-13-16-11-20(29-24-16)18-7-2-3-8-19(18)23/h2-9,11,15H,10,12-13H2,1H3. The zero-order valence-corrected chi connectivity index (χ0v) is 15.8. The summed E-state index contributed by atoms with van der Waals surface area (Å²) in [5.74, 6) is -1.28. The maximum atomic E-state index is 13.8. The first kappa shape index (κ1) is 18.9. The van der Waals surface area contributed by atoms with Crippen LogP contribution in [0, 0.1) is 18.7 Å². The van der Waals surface area contributed by atoms with Crippen molar-refractivity contribution in [2.75, 3.05) is 11.4 Å². The minimum Gasteiger partial charge on any atom is -0.459 e. The first-order valence-corrected chi connectivity index (χ1v) is 9.25. The van der Waals surface area contributed by atoms with Gasteiger partial charge in [-0.25, -0.2) is 4.39 Å². The second kappa shape index (κ2) is 7.87. The summed E-state index contributed by atoms with van der Waals surface area (Å²) < 4.78 is 24.3. The van der Waals surface area contributed by atoms with E-state index in [1.807, 2.05) is 31.2 Å². The molecule has 0 saturated carbocycles. The number of rotatable bonds is 5. The molecule has 1 saturated heterocycles. The van der Waals surface area contributed by atoms with E-state index in [4.69, 9.17) is 9.26 Å². The van der Waals surface area contributed by atoms with E-state index in [0.29, 0.717) is 5.69 Å². The molecule has 1 aliphatic rings. The molecule has 0 aliphatic carbocycles. The van der Waals surface area contributed by atoms with Crippen LogP contribution in [0.5, 0.6) is 0 Å². The van der Waals surface area contributed by atoms with Gasteiger partial charge in [0.05, 0.1) is 11.5 Å². The molecule has 1 aromatic heterocycles. The van der Waals surface area contributed by atoms with E-state index >= 15 is 0 Å². The minimum absolute atomic E-state index is 0.103. The van der Waals surface area contributed by atoms with Crippen LogP contribution in [0.3, 0.4) is 0 Å². The number of anilines is 1. The van der Waals surface area contributed by atoms with Gasteiger partial charge < -0.3 is 14.2 Å². The second-order valence-electron chi connectivity index (χ2n) is 7.01. The molecule has 148 valence electrons. The molecule has 1 unspecified atom stereocenters. The van der Waals surface area contributed by atoms with E-state index < -0.39 is 17.7 Å². The van der Waals surface area contributed by atoms with Gasteiger partial charge in [-0.2, -0.15) is 0 Å². The van der Waals surface area contributed by atoms with Crippen molar-refractivity contribution < 1.29 is 23.2 Å². The molecule has 1 amide bonds. The molecule has 4 rings (SSSR count). The Balaban J connectivity index is 1.37. The highest BCUT2D eigenvalue weighted by Crippen LogP contribution is 2.27. The lowest BCUT2D eigenvalue weighted by atomic mass is 10.1. The van der Waals surface area contributed by atoms with Gasteiger partial charge in [-0.15, -0.1) is 0 Å². The molecule has 2 aromatic carbocycles. The van der Waals surface area contributed by atoms with Gasteiger partial charge in [0.1, 0.15) is 18.1 Å². The quantitative estimate of drug-likeness (QED) is 0.614. The SMILES string of the molecule is Cc1cccc(N2CC(C(=O)OCc3cc(-c4ccccc4F)on3)CC2=O)c1. The van der Waals surface area contributed by atoms with Gasteiger partial charge in [0.15, 0.2) is 5.76 Å². The molecule has 0 radical (unpaired) electrons. The molecule has 0 N–H and O–H groups in total. The number of halogens is 1. The summed E-state index contributed by atoms with van der Waals surface area (Å²) in [4.78, 5) is 26.3. The van der Waals surface area contributed by atoms with E-state index in [-0.39, 0.29) is 36.8 Å². The molecule has 2 heterocycles. The van der Waals surface area contributed by atoms with Gasteiger partial charge >= 0.3 is 5.97 Å². The molecule has 7 heteroatoms. The van der Waals surface area contributed by atoms with Crippen molar-refractivity contribution in [3.8, 4) is 11.3 Å². The molecule has 1 fully saturated rings. The van der Waals surface area contributed by atoms with E-state index in [9.17, 15) is 14.0 Å². The van der Waals surface area contributed by atoms with Crippen molar-refractivity contribution in [2.24, 2.45) is 5.92 Å². The number of hydrogen-bond donors (Lipinski definition) is 0. The average molecular weight is 394 g/mol. The number of carbonyl (C=O) groups is 2. The lowest BCUT2D eigenvalue weighted by molar-refractivity contribution is -0.149. The van der Waals surface area contributed by atoms with Gasteiger partial charge in [0, 0.05) is 24.7 Å². The van der Waals surface area contributed by atoms with Gasteiger partial charge in [0.2, 0.25) is 5.91 Å². The Morgan fingerprint density at radius 1 is 1.24 bits per heavy atom. The van der Waals surface area contributed by atoms with Crippen molar-refractivity contribution in [1.29, 1.82) is 0 Å². The zero-order valence-electron chi connectivity index (χ0n) is 15.8. The summed E-state index contributed by atoms with van der Waals surface area (Å²) in [6.45, 7) is 2.12. The number of aryl methyl sites for hydroxylation is 1. The van der Waals surface area contributed by atoms with Crippen molar-refractivity contribution in [3.63, 3.8) is 0 Å². The topological polar surface area (TPSA) is 72.6 Å². The number of aromatic nitrogens is 1. The lowest BCUT2D eigenvalue weighted by Crippen LogP contribution is -2.26. The molecule has 3 aromatic rings. The molecule has 1 aliphatic heterocycles. The van der Waals surface area contributed by atoms with Crippen LogP contribution in [0.2, 0.25) is 0 Å². The van der Waals surface area contributed by atoms with E-state index in [1.54, 1.807) is 23.1 Å². The van der Waals surface area contributed by atoms with Crippen LogP contribution in [0.1, 0.15) is 17.7 Å². The van der Waals surface area contributed by atoms with E-state index in [1.165, 1.54) is 12.1 Å². The fourth-order valence-electron chi connectivity index (χ4n) is 3.34. The fraction of sp³-hybridized carbons (Fsp3) is 0.227. The molecule has 29 heavy (non-hydrogen) atoms. The molecule has 0 bridgehead atoms. The predicted octanol–water partition coefficient (Wildman–Crippen LogP) is 3.89. The molecule has 0 spiro atoms. The van der Waals surface area contributed by atoms with Gasteiger partial charge in [-0.3, -0.25) is 9.59 Å². The Labute approximate surface area is 166 Å². The van der Waals surface area contributed by atoms with E-state index in [0.717, 1.165) is 11.3 Å². The number of nitrogens with zero attached hydrogens (tertiary/aromatic N) is 2. The number of hydrogen-bond acceptors (Lipinski definition) is 5. The third-order valence-electron chi connectivity index (χ3n) is 4.83. The first-order chi connectivity index (χ1) is 14.0. The Bertz CT molecular complexity index is 1060. The summed E-state index contributed by atoms with van der Waals surface area (Å²) in [5.41, 5.74) is 2.47. The Kier molecular flexibility index (Phi) is 5.12. The minimum atomic E-state index is -0.541. The number of amides is 1. The third kappa shape index (κ3) is 4.03. The molecule has 1 atom stereocenters. The van der Waals surface area contributed by atoms with Crippen molar-refractivity contribution >= 4 is 17.6 Å². The fourth-order valence-corrected chi connectivity index (χ4v) is 3.34. The van der Waals surface area contributed by atoms with Crippen molar-refractivity contribution in [3.05, 3.63) is 71.7 Å². The van der Waals surface area contributed by atoms with Crippen LogP contribution in [-0.2, 0) is 20.9 Å². The summed E-state index contributed by atoms with van der Waals surface area (Å²) in [6, 6.07) is 15.3. The largest absolute Gasteiger partial charge is 0.459 e. The maximum Gasteiger partial charge on any atom is 0.311 e. The van der Waals surface area contributed by atoms with Crippen molar-refractivity contribution in [1.82, 2.24) is 5.16 Å². The molecular formula is C22H19FN2O4. The number of esters is 1. The van der Waals surface area contributed by atoms with Crippen LogP contribution >= 0.6 is 0 Å².